The molecule has 0 amide bonds. The zero-order chi connectivity index (χ0) is 33.2. The molecule has 0 N–H and O–H groups in total. The van der Waals surface area contributed by atoms with E-state index in [0.717, 1.165) is 50.7 Å². The number of hydrogen-bond donors (Lipinski definition) is 0. The Kier molecular flexibility index (Phi) is 13.1. The molecule has 0 spiro atoms. The molecule has 0 aliphatic carbocycles. The molecule has 3 heterocycles. The van der Waals surface area contributed by atoms with Crippen LogP contribution in [0.3, 0.4) is 0 Å². The maximum atomic E-state index is 4.63. The summed E-state index contributed by atoms with van der Waals surface area (Å²) in [6.45, 7) is 12.6. The number of benzene rings is 4. The quantitative estimate of drug-likeness (QED) is 0.166. The van der Waals surface area contributed by atoms with Crippen LogP contribution in [0, 0.1) is 45.9 Å². The van der Waals surface area contributed by atoms with Crippen LogP contribution in [0.15, 0.2) is 128 Å². The van der Waals surface area contributed by atoms with Crippen molar-refractivity contribution in [3.05, 3.63) is 174 Å². The van der Waals surface area contributed by atoms with Crippen LogP contribution in [0.5, 0.6) is 0 Å². The molecule has 7 rings (SSSR count). The summed E-state index contributed by atoms with van der Waals surface area (Å²) in [7, 11) is 0. The van der Waals surface area contributed by atoms with E-state index in [9.17, 15) is 0 Å². The monoisotopic (exact) mass is 803 g/mol. The molecule has 0 aliphatic heterocycles. The van der Waals surface area contributed by atoms with Gasteiger partial charge in [-0.3, -0.25) is 0 Å². The zero-order valence-corrected chi connectivity index (χ0v) is 30.8. The average molecular weight is 803 g/mol. The molecule has 0 fully saturated rings. The van der Waals surface area contributed by atoms with Crippen LogP contribution in [0.1, 0.15) is 47.8 Å². The van der Waals surface area contributed by atoms with Gasteiger partial charge in [0.15, 0.2) is 0 Å². The molecule has 0 radical (unpaired) electrons. The fraction of sp³-hybridized carbons (Fsp3) is 0.159. The predicted octanol–water partition coefficient (Wildman–Crippen LogP) is 11.2. The molecule has 240 valence electrons. The van der Waals surface area contributed by atoms with Gasteiger partial charge >= 0.3 is 20.1 Å². The van der Waals surface area contributed by atoms with Crippen molar-refractivity contribution in [2.24, 2.45) is 0 Å². The Labute approximate surface area is 299 Å². The molecule has 0 atom stereocenters. The van der Waals surface area contributed by atoms with E-state index in [0.29, 0.717) is 5.92 Å². The average Bonchev–Trinajstić information content (AvgIpc) is 3.09. The predicted molar refractivity (Wildman–Crippen MR) is 196 cm³/mol. The van der Waals surface area contributed by atoms with Gasteiger partial charge in [-0.2, -0.15) is 0 Å². The van der Waals surface area contributed by atoms with E-state index >= 15 is 0 Å². The molecule has 0 saturated carbocycles. The van der Waals surface area contributed by atoms with E-state index in [2.05, 4.69) is 97.2 Å². The minimum absolute atomic E-state index is 0. The molecular weight excluding hydrogens is 763 g/mol. The number of aryl methyl sites for hydroxylation is 4. The third-order valence-electron chi connectivity index (χ3n) is 7.61. The SMILES string of the molecule is Cc1[c-]c(-c2nccc3ccc(C(C)C)cc23)cc(C)c1.Cc1cccc(-c2[c-]cccc2)n1.Cc1cccc(-c2[c-]cccc2)n1.[Ir+3]. The van der Waals surface area contributed by atoms with Crippen molar-refractivity contribution in [3.63, 3.8) is 0 Å². The molecule has 7 aromatic rings. The summed E-state index contributed by atoms with van der Waals surface area (Å²) in [5.41, 5.74) is 12.0. The van der Waals surface area contributed by atoms with Crippen LogP contribution in [0.2, 0.25) is 0 Å². The van der Waals surface area contributed by atoms with E-state index in [4.69, 9.17) is 0 Å². The first kappa shape index (κ1) is 36.1. The fourth-order valence-electron chi connectivity index (χ4n) is 5.27. The van der Waals surface area contributed by atoms with Crippen molar-refractivity contribution in [2.45, 2.75) is 47.5 Å². The Morgan fingerprint density at radius 3 is 1.69 bits per heavy atom. The molecule has 0 saturated heterocycles. The summed E-state index contributed by atoms with van der Waals surface area (Å²) in [4.78, 5) is 13.5. The van der Waals surface area contributed by atoms with Crippen LogP contribution in [0.25, 0.3) is 44.5 Å². The van der Waals surface area contributed by atoms with Gasteiger partial charge in [0.25, 0.3) is 0 Å². The second kappa shape index (κ2) is 17.4. The number of nitrogens with zero attached hydrogens (tertiary/aromatic N) is 3. The summed E-state index contributed by atoms with van der Waals surface area (Å²) >= 11 is 0. The van der Waals surface area contributed by atoms with Crippen LogP contribution in [-0.2, 0) is 20.1 Å². The van der Waals surface area contributed by atoms with Crippen molar-refractivity contribution >= 4 is 10.8 Å². The van der Waals surface area contributed by atoms with E-state index < -0.39 is 0 Å². The molecule has 3 nitrogen and oxygen atoms in total. The first-order chi connectivity index (χ1) is 22.8. The van der Waals surface area contributed by atoms with E-state index in [1.54, 1.807) is 0 Å². The van der Waals surface area contributed by atoms with Crippen molar-refractivity contribution in [3.8, 4) is 33.8 Å². The normalized spacial score (nSPS) is 10.3. The Bertz CT molecular complexity index is 1950. The Morgan fingerprint density at radius 1 is 0.583 bits per heavy atom. The summed E-state index contributed by atoms with van der Waals surface area (Å²) in [5.74, 6) is 0.519. The summed E-state index contributed by atoms with van der Waals surface area (Å²) < 4.78 is 0. The van der Waals surface area contributed by atoms with Crippen molar-refractivity contribution < 1.29 is 20.1 Å². The molecule has 3 aromatic heterocycles. The summed E-state index contributed by atoms with van der Waals surface area (Å²) in [6.07, 6.45) is 1.89. The van der Waals surface area contributed by atoms with E-state index in [1.165, 1.54) is 21.9 Å². The van der Waals surface area contributed by atoms with Gasteiger partial charge in [0.1, 0.15) is 0 Å². The van der Waals surface area contributed by atoms with E-state index in [-0.39, 0.29) is 20.1 Å². The first-order valence-electron chi connectivity index (χ1n) is 16.0. The van der Waals surface area contributed by atoms with Gasteiger partial charge in [-0.05, 0) is 71.4 Å². The zero-order valence-electron chi connectivity index (χ0n) is 28.4. The summed E-state index contributed by atoms with van der Waals surface area (Å²) in [5, 5.41) is 2.45. The number of aromatic nitrogens is 3. The third-order valence-corrected chi connectivity index (χ3v) is 7.61. The topological polar surface area (TPSA) is 38.7 Å². The van der Waals surface area contributed by atoms with Crippen molar-refractivity contribution in [2.75, 3.05) is 0 Å². The standard InChI is InChI=1S/C20H20N.2C12H10N.Ir/c1-13(2)17-6-5-16-7-8-21-20(19(16)12-17)18-10-14(3)9-15(4)11-18;2*1-10-6-5-9-12(13-10)11-7-3-2-4-8-11;/h5-10,12-13H,1-4H3;2*2-7,9H,1H3;/q3*-1;+3. The minimum Gasteiger partial charge on any atom is -0.304 e. The molecule has 0 aliphatic rings. The molecule has 0 bridgehead atoms. The molecule has 0 unspecified atom stereocenters. The maximum absolute atomic E-state index is 4.63. The smallest absolute Gasteiger partial charge is 0.304 e. The van der Waals surface area contributed by atoms with Gasteiger partial charge in [0.2, 0.25) is 0 Å². The van der Waals surface area contributed by atoms with Crippen molar-refractivity contribution in [1.82, 2.24) is 15.0 Å². The van der Waals surface area contributed by atoms with Gasteiger partial charge in [-0.1, -0.05) is 70.2 Å². The second-order valence-electron chi connectivity index (χ2n) is 11.9. The van der Waals surface area contributed by atoms with Crippen molar-refractivity contribution in [1.29, 1.82) is 0 Å². The molecule has 48 heavy (non-hydrogen) atoms. The Morgan fingerprint density at radius 2 is 1.19 bits per heavy atom. The molecule has 4 aromatic carbocycles. The summed E-state index contributed by atoms with van der Waals surface area (Å²) in [6, 6.07) is 50.6. The van der Waals surface area contributed by atoms with Gasteiger partial charge in [-0.15, -0.1) is 107 Å². The maximum Gasteiger partial charge on any atom is 3.00 e. The van der Waals surface area contributed by atoms with Crippen LogP contribution < -0.4 is 0 Å². The third kappa shape index (κ3) is 9.87. The number of rotatable bonds is 4. The minimum atomic E-state index is 0. The molecule has 4 heteroatoms. The molecular formula is C44H40IrN3. The van der Waals surface area contributed by atoms with Crippen LogP contribution >= 0.6 is 0 Å². The number of hydrogen-bond acceptors (Lipinski definition) is 3. The van der Waals surface area contributed by atoms with Gasteiger partial charge in [-0.25, -0.2) is 0 Å². The Hall–Kier alpha value is -4.76. The van der Waals surface area contributed by atoms with Gasteiger partial charge in [0.05, 0.1) is 0 Å². The first-order valence-corrected chi connectivity index (χ1v) is 16.0. The number of pyridine rings is 3. The van der Waals surface area contributed by atoms with E-state index in [1.807, 2.05) is 105 Å². The fourth-order valence-corrected chi connectivity index (χ4v) is 5.27. The van der Waals surface area contributed by atoms with Gasteiger partial charge < -0.3 is 15.0 Å². The largest absolute Gasteiger partial charge is 3.00 e. The number of fused-ring (bicyclic) bond motifs is 1. The van der Waals surface area contributed by atoms with Crippen LogP contribution in [0.4, 0.5) is 0 Å². The van der Waals surface area contributed by atoms with Gasteiger partial charge in [0, 0.05) is 17.6 Å². The van der Waals surface area contributed by atoms with Crippen LogP contribution in [-0.4, -0.2) is 15.0 Å². The second-order valence-corrected chi connectivity index (χ2v) is 11.9. The Balaban J connectivity index is 0.000000168.